The van der Waals surface area contributed by atoms with Crippen molar-refractivity contribution in [1.82, 2.24) is 9.72 Å². The SMILES string of the molecule is Cn1c(-c2cccc3c2OCC3)cc2onc(-c3ccccc3)c2c1=O. The average molecular weight is 344 g/mol. The predicted octanol–water partition coefficient (Wildman–Crippen LogP) is 3.80. The number of para-hydroxylation sites is 1. The molecular weight excluding hydrogens is 328 g/mol. The highest BCUT2D eigenvalue weighted by Crippen LogP contribution is 2.37. The molecular formula is C21H16N2O3. The van der Waals surface area contributed by atoms with Gasteiger partial charge in [-0.3, -0.25) is 4.79 Å². The molecule has 1 aliphatic heterocycles. The number of hydrogen-bond donors (Lipinski definition) is 0. The molecule has 0 N–H and O–H groups in total. The van der Waals surface area contributed by atoms with E-state index in [2.05, 4.69) is 11.2 Å². The second-order valence-electron chi connectivity index (χ2n) is 6.42. The summed E-state index contributed by atoms with van der Waals surface area (Å²) in [7, 11) is 1.77. The van der Waals surface area contributed by atoms with E-state index in [1.165, 1.54) is 0 Å². The zero-order valence-corrected chi connectivity index (χ0v) is 14.2. The maximum atomic E-state index is 13.1. The van der Waals surface area contributed by atoms with Crippen LogP contribution in [0.5, 0.6) is 5.75 Å². The second-order valence-corrected chi connectivity index (χ2v) is 6.42. The summed E-state index contributed by atoms with van der Waals surface area (Å²) in [5.41, 5.74) is 4.61. The topological polar surface area (TPSA) is 57.3 Å². The van der Waals surface area contributed by atoms with E-state index in [-0.39, 0.29) is 5.56 Å². The molecule has 1 aliphatic rings. The first kappa shape index (κ1) is 15.0. The predicted molar refractivity (Wildman–Crippen MR) is 99.3 cm³/mol. The molecule has 5 rings (SSSR count). The number of nitrogens with zero attached hydrogens (tertiary/aromatic N) is 2. The smallest absolute Gasteiger partial charge is 0.264 e. The molecule has 0 aliphatic carbocycles. The van der Waals surface area contributed by atoms with Gasteiger partial charge in [0.2, 0.25) is 0 Å². The van der Waals surface area contributed by atoms with E-state index in [0.29, 0.717) is 23.3 Å². The lowest BCUT2D eigenvalue weighted by atomic mass is 10.0. The Morgan fingerprint density at radius 1 is 1.08 bits per heavy atom. The summed E-state index contributed by atoms with van der Waals surface area (Å²) in [6.45, 7) is 0.670. The van der Waals surface area contributed by atoms with Crippen LogP contribution in [0, 0.1) is 0 Å². The molecule has 3 heterocycles. The van der Waals surface area contributed by atoms with Crippen molar-refractivity contribution in [2.75, 3.05) is 6.61 Å². The van der Waals surface area contributed by atoms with Crippen LogP contribution in [0.4, 0.5) is 0 Å². The van der Waals surface area contributed by atoms with Gasteiger partial charge in [-0.2, -0.15) is 0 Å². The summed E-state index contributed by atoms with van der Waals surface area (Å²) in [5, 5.41) is 4.65. The normalized spacial score (nSPS) is 13.0. The minimum absolute atomic E-state index is 0.131. The van der Waals surface area contributed by atoms with E-state index >= 15 is 0 Å². The number of hydrogen-bond acceptors (Lipinski definition) is 4. The first-order valence-corrected chi connectivity index (χ1v) is 8.54. The van der Waals surface area contributed by atoms with Crippen LogP contribution in [0.25, 0.3) is 33.5 Å². The summed E-state index contributed by atoms with van der Waals surface area (Å²) in [4.78, 5) is 13.1. The van der Waals surface area contributed by atoms with E-state index in [9.17, 15) is 4.79 Å². The summed E-state index contributed by atoms with van der Waals surface area (Å²) in [5.74, 6) is 0.852. The lowest BCUT2D eigenvalue weighted by Gasteiger charge is -2.12. The molecule has 0 unspecified atom stereocenters. The molecule has 0 bridgehead atoms. The number of pyridine rings is 1. The second kappa shape index (κ2) is 5.59. The van der Waals surface area contributed by atoms with Gasteiger partial charge in [0, 0.05) is 30.7 Å². The highest BCUT2D eigenvalue weighted by Gasteiger charge is 2.22. The third-order valence-electron chi connectivity index (χ3n) is 4.90. The molecule has 26 heavy (non-hydrogen) atoms. The summed E-state index contributed by atoms with van der Waals surface area (Å²) in [6, 6.07) is 17.5. The van der Waals surface area contributed by atoms with Crippen LogP contribution in [0.3, 0.4) is 0 Å². The number of rotatable bonds is 2. The van der Waals surface area contributed by atoms with Gasteiger partial charge in [-0.05, 0) is 11.6 Å². The third-order valence-corrected chi connectivity index (χ3v) is 4.90. The first-order valence-electron chi connectivity index (χ1n) is 8.54. The van der Waals surface area contributed by atoms with Gasteiger partial charge in [0.1, 0.15) is 16.8 Å². The molecule has 0 saturated heterocycles. The lowest BCUT2D eigenvalue weighted by Crippen LogP contribution is -2.18. The molecule has 0 fully saturated rings. The third kappa shape index (κ3) is 2.10. The first-order chi connectivity index (χ1) is 12.7. The van der Waals surface area contributed by atoms with Crippen LogP contribution in [-0.2, 0) is 13.5 Å². The molecule has 5 heteroatoms. The Bertz CT molecular complexity index is 1190. The molecule has 4 aromatic rings. The van der Waals surface area contributed by atoms with Gasteiger partial charge in [0.05, 0.1) is 12.3 Å². The highest BCUT2D eigenvalue weighted by atomic mass is 16.5. The number of ether oxygens (including phenoxy) is 1. The van der Waals surface area contributed by atoms with Crippen molar-refractivity contribution in [3.63, 3.8) is 0 Å². The van der Waals surface area contributed by atoms with Crippen molar-refractivity contribution in [3.8, 4) is 28.3 Å². The van der Waals surface area contributed by atoms with Crippen molar-refractivity contribution in [2.24, 2.45) is 7.05 Å². The summed E-state index contributed by atoms with van der Waals surface area (Å²) in [6.07, 6.45) is 0.889. The summed E-state index contributed by atoms with van der Waals surface area (Å²) >= 11 is 0. The van der Waals surface area contributed by atoms with Gasteiger partial charge in [-0.15, -0.1) is 0 Å². The standard InChI is InChI=1S/C21H16N2O3/c1-23-16(15-9-5-8-14-10-11-25-20(14)15)12-17-18(21(23)24)19(22-26-17)13-6-3-2-4-7-13/h2-9,12H,10-11H2,1H3. The lowest BCUT2D eigenvalue weighted by molar-refractivity contribution is 0.358. The maximum absolute atomic E-state index is 13.1. The molecule has 0 radical (unpaired) electrons. The minimum Gasteiger partial charge on any atom is -0.492 e. The Labute approximate surface area is 149 Å². The van der Waals surface area contributed by atoms with E-state index in [1.807, 2.05) is 48.5 Å². The minimum atomic E-state index is -0.131. The van der Waals surface area contributed by atoms with Crippen molar-refractivity contribution in [2.45, 2.75) is 6.42 Å². The molecule has 2 aromatic heterocycles. The van der Waals surface area contributed by atoms with Crippen LogP contribution in [0.15, 0.2) is 63.9 Å². The van der Waals surface area contributed by atoms with Crippen LogP contribution in [-0.4, -0.2) is 16.3 Å². The van der Waals surface area contributed by atoms with Gasteiger partial charge in [-0.1, -0.05) is 47.6 Å². The molecule has 0 atom stereocenters. The molecule has 0 saturated carbocycles. The van der Waals surface area contributed by atoms with Gasteiger partial charge in [-0.25, -0.2) is 0 Å². The van der Waals surface area contributed by atoms with Crippen LogP contribution < -0.4 is 10.3 Å². The molecule has 5 nitrogen and oxygen atoms in total. The van der Waals surface area contributed by atoms with Gasteiger partial charge < -0.3 is 13.8 Å². The molecule has 128 valence electrons. The van der Waals surface area contributed by atoms with Crippen LogP contribution >= 0.6 is 0 Å². The van der Waals surface area contributed by atoms with Crippen molar-refractivity contribution >= 4 is 11.0 Å². The zero-order valence-electron chi connectivity index (χ0n) is 14.2. The maximum Gasteiger partial charge on any atom is 0.264 e. The monoisotopic (exact) mass is 344 g/mol. The van der Waals surface area contributed by atoms with E-state index in [0.717, 1.165) is 34.6 Å². The number of fused-ring (bicyclic) bond motifs is 2. The fraction of sp³-hybridized carbons (Fsp3) is 0.143. The highest BCUT2D eigenvalue weighted by molar-refractivity contribution is 5.93. The van der Waals surface area contributed by atoms with Crippen LogP contribution in [0.2, 0.25) is 0 Å². The van der Waals surface area contributed by atoms with Gasteiger partial charge >= 0.3 is 0 Å². The van der Waals surface area contributed by atoms with Crippen molar-refractivity contribution in [3.05, 3.63) is 70.5 Å². The number of aromatic nitrogens is 2. The molecule has 0 amide bonds. The number of benzene rings is 2. The quantitative estimate of drug-likeness (QED) is 0.555. The van der Waals surface area contributed by atoms with Gasteiger partial charge in [0.15, 0.2) is 5.58 Å². The Morgan fingerprint density at radius 3 is 2.77 bits per heavy atom. The average Bonchev–Trinajstić information content (AvgIpc) is 3.32. The zero-order chi connectivity index (χ0) is 17.7. The van der Waals surface area contributed by atoms with Gasteiger partial charge in [0.25, 0.3) is 5.56 Å². The van der Waals surface area contributed by atoms with E-state index in [4.69, 9.17) is 9.26 Å². The fourth-order valence-electron chi connectivity index (χ4n) is 3.57. The Hall–Kier alpha value is -3.34. The fourth-order valence-corrected chi connectivity index (χ4v) is 3.57. The summed E-state index contributed by atoms with van der Waals surface area (Å²) < 4.78 is 13.0. The molecule has 2 aromatic carbocycles. The molecule has 0 spiro atoms. The van der Waals surface area contributed by atoms with Crippen molar-refractivity contribution in [1.29, 1.82) is 0 Å². The Kier molecular flexibility index (Phi) is 3.22. The largest absolute Gasteiger partial charge is 0.492 e. The van der Waals surface area contributed by atoms with Crippen molar-refractivity contribution < 1.29 is 9.26 Å². The van der Waals surface area contributed by atoms with Crippen LogP contribution in [0.1, 0.15) is 5.56 Å². The van der Waals surface area contributed by atoms with E-state index < -0.39 is 0 Å². The Balaban J connectivity index is 1.77. The Morgan fingerprint density at radius 2 is 1.92 bits per heavy atom. The van der Waals surface area contributed by atoms with E-state index in [1.54, 1.807) is 11.6 Å².